The summed E-state index contributed by atoms with van der Waals surface area (Å²) in [5, 5.41) is 0. The van der Waals surface area contributed by atoms with Crippen LogP contribution < -0.4 is 4.74 Å². The van der Waals surface area contributed by atoms with E-state index in [9.17, 15) is 14.0 Å². The number of ether oxygens (including phenoxy) is 2. The van der Waals surface area contributed by atoms with E-state index in [4.69, 9.17) is 9.47 Å². The monoisotopic (exact) mass is 306 g/mol. The van der Waals surface area contributed by atoms with Crippen molar-refractivity contribution < 1.29 is 23.5 Å². The second kappa shape index (κ2) is 6.07. The molecule has 0 radical (unpaired) electrons. The van der Waals surface area contributed by atoms with Crippen molar-refractivity contribution in [1.82, 2.24) is 0 Å². The summed E-state index contributed by atoms with van der Waals surface area (Å²) in [7, 11) is 0. The van der Waals surface area contributed by atoms with Crippen molar-refractivity contribution in [3.8, 4) is 5.75 Å². The van der Waals surface area contributed by atoms with Gasteiger partial charge in [-0.25, -0.2) is 9.18 Å². The number of hydrogen-bond donors (Lipinski definition) is 0. The molecule has 0 unspecified atom stereocenters. The number of halogens is 1. The van der Waals surface area contributed by atoms with E-state index in [-0.39, 0.29) is 35.9 Å². The van der Waals surface area contributed by atoms with E-state index in [1.165, 1.54) is 6.07 Å². The van der Waals surface area contributed by atoms with Gasteiger partial charge < -0.3 is 14.3 Å². The number of rotatable bonds is 3. The Morgan fingerprint density at radius 1 is 1.41 bits per heavy atom. The highest BCUT2D eigenvalue weighted by atomic mass is 19.1. The molecule has 1 aliphatic heterocycles. The van der Waals surface area contributed by atoms with Crippen molar-refractivity contribution in [2.75, 3.05) is 6.61 Å². The lowest BCUT2D eigenvalue weighted by molar-refractivity contribution is -0.112. The number of fused-ring (bicyclic) bond motifs is 2. The van der Waals surface area contributed by atoms with Crippen LogP contribution in [0.4, 0.5) is 4.39 Å². The maximum atomic E-state index is 14.6. The lowest BCUT2D eigenvalue weighted by Gasteiger charge is -2.20. The zero-order valence-electron chi connectivity index (χ0n) is 12.5. The van der Waals surface area contributed by atoms with Crippen LogP contribution in [0.2, 0.25) is 0 Å². The van der Waals surface area contributed by atoms with Gasteiger partial charge in [-0.1, -0.05) is 6.07 Å². The SMILES string of the molecule is CCOC(=O)c1ccc2c(c1F)O[C@H]1CC[C@H](C=O)[C@H]1CC2. The van der Waals surface area contributed by atoms with E-state index in [2.05, 4.69) is 0 Å². The molecular formula is C17H19FO4. The van der Waals surface area contributed by atoms with Crippen molar-refractivity contribution in [3.05, 3.63) is 29.1 Å². The summed E-state index contributed by atoms with van der Waals surface area (Å²) in [6.45, 7) is 1.88. The van der Waals surface area contributed by atoms with Crippen LogP contribution in [0.15, 0.2) is 12.1 Å². The molecule has 0 bridgehead atoms. The van der Waals surface area contributed by atoms with Crippen molar-refractivity contribution in [3.63, 3.8) is 0 Å². The van der Waals surface area contributed by atoms with E-state index in [1.807, 2.05) is 0 Å². The minimum Gasteiger partial charge on any atom is -0.487 e. The summed E-state index contributed by atoms with van der Waals surface area (Å²) in [4.78, 5) is 22.9. The van der Waals surface area contributed by atoms with Crippen LogP contribution >= 0.6 is 0 Å². The lowest BCUT2D eigenvalue weighted by atomic mass is 9.90. The summed E-state index contributed by atoms with van der Waals surface area (Å²) in [6, 6.07) is 3.18. The van der Waals surface area contributed by atoms with Crippen molar-refractivity contribution in [1.29, 1.82) is 0 Å². The molecule has 4 nitrogen and oxygen atoms in total. The number of aryl methyl sites for hydroxylation is 1. The molecule has 1 aromatic carbocycles. The van der Waals surface area contributed by atoms with Crippen LogP contribution in [-0.4, -0.2) is 25.0 Å². The van der Waals surface area contributed by atoms with E-state index in [0.717, 1.165) is 31.1 Å². The number of hydrogen-bond acceptors (Lipinski definition) is 4. The van der Waals surface area contributed by atoms with Crippen molar-refractivity contribution in [2.24, 2.45) is 11.8 Å². The molecule has 0 amide bonds. The molecule has 3 rings (SSSR count). The topological polar surface area (TPSA) is 52.6 Å². The highest BCUT2D eigenvalue weighted by Crippen LogP contribution is 2.42. The van der Waals surface area contributed by atoms with Crippen molar-refractivity contribution >= 4 is 12.3 Å². The van der Waals surface area contributed by atoms with Crippen molar-refractivity contribution in [2.45, 2.75) is 38.7 Å². The van der Waals surface area contributed by atoms with Gasteiger partial charge in [-0.3, -0.25) is 0 Å². The Morgan fingerprint density at radius 3 is 2.95 bits per heavy atom. The van der Waals surface area contributed by atoms with Gasteiger partial charge in [0.25, 0.3) is 0 Å². The van der Waals surface area contributed by atoms with Crippen LogP contribution in [-0.2, 0) is 16.0 Å². The van der Waals surface area contributed by atoms with E-state index < -0.39 is 11.8 Å². The minimum atomic E-state index is -0.676. The van der Waals surface area contributed by atoms with Gasteiger partial charge >= 0.3 is 5.97 Å². The Bertz CT molecular complexity index is 599. The normalized spacial score (nSPS) is 26.4. The lowest BCUT2D eigenvalue weighted by Crippen LogP contribution is -2.24. The van der Waals surface area contributed by atoms with E-state index in [1.54, 1.807) is 13.0 Å². The quantitative estimate of drug-likeness (QED) is 0.636. The van der Waals surface area contributed by atoms with Crippen LogP contribution in [0.25, 0.3) is 0 Å². The summed E-state index contributed by atoms with van der Waals surface area (Å²) >= 11 is 0. The predicted octanol–water partition coefficient (Wildman–Crippen LogP) is 2.92. The summed E-state index contributed by atoms with van der Waals surface area (Å²) in [5.74, 6) is -1.04. The van der Waals surface area contributed by atoms with Gasteiger partial charge in [0.1, 0.15) is 12.4 Å². The zero-order chi connectivity index (χ0) is 15.7. The Kier molecular flexibility index (Phi) is 4.14. The summed E-state index contributed by atoms with van der Waals surface area (Å²) in [6.07, 6.45) is 3.83. The molecule has 0 spiro atoms. The van der Waals surface area contributed by atoms with Gasteiger partial charge in [0.05, 0.1) is 12.2 Å². The maximum absolute atomic E-state index is 14.6. The van der Waals surface area contributed by atoms with E-state index in [0.29, 0.717) is 6.42 Å². The largest absolute Gasteiger partial charge is 0.487 e. The van der Waals surface area contributed by atoms with Gasteiger partial charge in [-0.15, -0.1) is 0 Å². The number of esters is 1. The van der Waals surface area contributed by atoms with Gasteiger partial charge in [-0.05, 0) is 44.2 Å². The minimum absolute atomic E-state index is 0.00750. The molecule has 2 aliphatic rings. The molecule has 1 fully saturated rings. The maximum Gasteiger partial charge on any atom is 0.341 e. The average Bonchev–Trinajstić information content (AvgIpc) is 2.80. The third-order valence-corrected chi connectivity index (χ3v) is 4.68. The molecule has 1 saturated carbocycles. The fraction of sp³-hybridized carbons (Fsp3) is 0.529. The molecule has 0 aromatic heterocycles. The number of carbonyl (C=O) groups excluding carboxylic acids is 2. The molecule has 1 aromatic rings. The highest BCUT2D eigenvalue weighted by molar-refractivity contribution is 5.90. The number of benzene rings is 1. The van der Waals surface area contributed by atoms with Gasteiger partial charge in [0, 0.05) is 11.8 Å². The summed E-state index contributed by atoms with van der Waals surface area (Å²) in [5.41, 5.74) is 0.661. The molecule has 0 saturated heterocycles. The second-order valence-electron chi connectivity index (χ2n) is 5.87. The molecule has 0 N–H and O–H groups in total. The molecule has 5 heteroatoms. The third-order valence-electron chi connectivity index (χ3n) is 4.68. The first-order valence-electron chi connectivity index (χ1n) is 7.76. The first kappa shape index (κ1) is 15.0. The van der Waals surface area contributed by atoms with Gasteiger partial charge in [-0.2, -0.15) is 0 Å². The summed E-state index contributed by atoms with van der Waals surface area (Å²) < 4.78 is 25.4. The van der Waals surface area contributed by atoms with Crippen LogP contribution in [0.5, 0.6) is 5.75 Å². The molecule has 118 valence electrons. The molecule has 3 atom stereocenters. The van der Waals surface area contributed by atoms with Crippen LogP contribution in [0.1, 0.15) is 42.1 Å². The Hall–Kier alpha value is -1.91. The third kappa shape index (κ3) is 2.49. The standard InChI is InChI=1S/C17H19FO4/c1-2-21-17(20)13-7-4-10-3-6-12-11(9-19)5-8-14(12)22-16(10)15(13)18/h4,7,9,11-12,14H,2-3,5-6,8H2,1H3/t11-,12-,14+/m1/s1. The van der Waals surface area contributed by atoms with Crippen LogP contribution in [0, 0.1) is 17.7 Å². The average molecular weight is 306 g/mol. The Balaban J connectivity index is 1.92. The Labute approximate surface area is 128 Å². The number of carbonyl (C=O) groups is 2. The molecule has 1 heterocycles. The Morgan fingerprint density at radius 2 is 2.23 bits per heavy atom. The predicted molar refractivity (Wildman–Crippen MR) is 77.4 cm³/mol. The number of aldehydes is 1. The first-order chi connectivity index (χ1) is 10.7. The first-order valence-corrected chi connectivity index (χ1v) is 7.76. The van der Waals surface area contributed by atoms with Gasteiger partial charge in [0.15, 0.2) is 11.6 Å². The zero-order valence-corrected chi connectivity index (χ0v) is 12.5. The van der Waals surface area contributed by atoms with Gasteiger partial charge in [0.2, 0.25) is 0 Å². The van der Waals surface area contributed by atoms with Crippen LogP contribution in [0.3, 0.4) is 0 Å². The fourth-order valence-corrected chi connectivity index (χ4v) is 3.54. The molecule has 22 heavy (non-hydrogen) atoms. The molecule has 1 aliphatic carbocycles. The van der Waals surface area contributed by atoms with E-state index >= 15 is 0 Å². The highest BCUT2D eigenvalue weighted by Gasteiger charge is 2.40. The molecular weight excluding hydrogens is 287 g/mol. The fourth-order valence-electron chi connectivity index (χ4n) is 3.54. The smallest absolute Gasteiger partial charge is 0.341 e. The second-order valence-corrected chi connectivity index (χ2v) is 5.87.